The van der Waals surface area contributed by atoms with Gasteiger partial charge in [-0.2, -0.15) is 0 Å². The minimum absolute atomic E-state index is 0.0422. The van der Waals surface area contributed by atoms with Crippen LogP contribution in [0.2, 0.25) is 0 Å². The summed E-state index contributed by atoms with van der Waals surface area (Å²) in [6.07, 6.45) is 4.23. The Hall–Kier alpha value is -1.51. The molecule has 3 nitrogen and oxygen atoms in total. The van der Waals surface area contributed by atoms with Gasteiger partial charge in [-0.3, -0.25) is 4.79 Å². The number of carbonyl (C=O) groups is 1. The van der Waals surface area contributed by atoms with E-state index in [2.05, 4.69) is 32.9 Å². The maximum absolute atomic E-state index is 12.0. The SMILES string of the molecule is COc1c(C(C)C)ccc2c1CC[C@H]1[C@@H]3COC(=O)[C@@H]3CC[C@]21C. The summed E-state index contributed by atoms with van der Waals surface area (Å²) in [6.45, 7) is 7.48. The van der Waals surface area contributed by atoms with Gasteiger partial charge in [-0.25, -0.2) is 0 Å². The summed E-state index contributed by atoms with van der Waals surface area (Å²) in [5.41, 5.74) is 4.32. The standard InChI is InChI=1S/C21H28O3/c1-12(2)13-5-7-17-15(19(13)23-4)6-8-18-16-11-24-20(22)14(16)9-10-21(17,18)3/h5,7,12,14,16,18H,6,8-11H2,1-4H3/t14-,16-,18+,21-/m1/s1. The number of ether oxygens (including phenoxy) is 2. The van der Waals surface area contributed by atoms with Crippen LogP contribution in [0.15, 0.2) is 12.1 Å². The lowest BCUT2D eigenvalue weighted by molar-refractivity contribution is -0.141. The number of hydrogen-bond acceptors (Lipinski definition) is 3. The van der Waals surface area contributed by atoms with Crippen molar-refractivity contribution in [3.63, 3.8) is 0 Å². The zero-order chi connectivity index (χ0) is 17.1. The van der Waals surface area contributed by atoms with E-state index in [4.69, 9.17) is 9.47 Å². The molecular weight excluding hydrogens is 300 g/mol. The molecular formula is C21H28O3. The lowest BCUT2D eigenvalue weighted by Gasteiger charge is -2.50. The quantitative estimate of drug-likeness (QED) is 0.763. The van der Waals surface area contributed by atoms with Crippen LogP contribution in [0.4, 0.5) is 0 Å². The Labute approximate surface area is 144 Å². The van der Waals surface area contributed by atoms with Crippen molar-refractivity contribution in [2.24, 2.45) is 17.8 Å². The van der Waals surface area contributed by atoms with Gasteiger partial charge in [0.1, 0.15) is 5.75 Å². The third-order valence-electron chi connectivity index (χ3n) is 6.99. The zero-order valence-corrected chi connectivity index (χ0v) is 15.2. The highest BCUT2D eigenvalue weighted by Gasteiger charge is 2.54. The van der Waals surface area contributed by atoms with Gasteiger partial charge in [0.05, 0.1) is 19.6 Å². The molecule has 4 rings (SSSR count). The molecule has 0 aromatic heterocycles. The fraction of sp³-hybridized carbons (Fsp3) is 0.667. The fourth-order valence-corrected chi connectivity index (χ4v) is 5.71. The molecule has 0 amide bonds. The van der Waals surface area contributed by atoms with E-state index in [1.165, 1.54) is 16.7 Å². The summed E-state index contributed by atoms with van der Waals surface area (Å²) in [7, 11) is 1.80. The van der Waals surface area contributed by atoms with Gasteiger partial charge in [0.15, 0.2) is 0 Å². The largest absolute Gasteiger partial charge is 0.496 e. The van der Waals surface area contributed by atoms with Crippen LogP contribution < -0.4 is 4.74 Å². The fourth-order valence-electron chi connectivity index (χ4n) is 5.71. The van der Waals surface area contributed by atoms with Crippen LogP contribution in [0.3, 0.4) is 0 Å². The molecule has 1 saturated heterocycles. The molecule has 4 atom stereocenters. The normalized spacial score (nSPS) is 34.4. The van der Waals surface area contributed by atoms with Crippen LogP contribution in [0.1, 0.15) is 62.6 Å². The van der Waals surface area contributed by atoms with Crippen molar-refractivity contribution in [1.82, 2.24) is 0 Å². The third-order valence-corrected chi connectivity index (χ3v) is 6.99. The number of rotatable bonds is 2. The second-order valence-electron chi connectivity index (χ2n) is 8.37. The molecule has 24 heavy (non-hydrogen) atoms. The van der Waals surface area contributed by atoms with Crippen molar-refractivity contribution in [2.45, 2.75) is 57.8 Å². The van der Waals surface area contributed by atoms with E-state index in [1.54, 1.807) is 7.11 Å². The summed E-state index contributed by atoms with van der Waals surface area (Å²) in [5, 5.41) is 0. The molecule has 1 aromatic rings. The molecule has 1 saturated carbocycles. The summed E-state index contributed by atoms with van der Waals surface area (Å²) >= 11 is 0. The Bertz CT molecular complexity index is 678. The van der Waals surface area contributed by atoms with Crippen LogP contribution in [-0.2, 0) is 21.4 Å². The van der Waals surface area contributed by atoms with Gasteiger partial charge in [0.25, 0.3) is 0 Å². The molecule has 2 fully saturated rings. The highest BCUT2D eigenvalue weighted by molar-refractivity contribution is 5.75. The van der Waals surface area contributed by atoms with Crippen molar-refractivity contribution in [3.05, 3.63) is 28.8 Å². The first-order valence-corrected chi connectivity index (χ1v) is 9.34. The predicted octanol–water partition coefficient (Wildman–Crippen LogP) is 4.22. The van der Waals surface area contributed by atoms with Crippen LogP contribution in [-0.4, -0.2) is 19.7 Å². The smallest absolute Gasteiger partial charge is 0.309 e. The average molecular weight is 328 g/mol. The third kappa shape index (κ3) is 2.06. The number of fused-ring (bicyclic) bond motifs is 5. The topological polar surface area (TPSA) is 35.5 Å². The Morgan fingerprint density at radius 1 is 1.29 bits per heavy atom. The van der Waals surface area contributed by atoms with E-state index < -0.39 is 0 Å². The first-order valence-electron chi connectivity index (χ1n) is 9.34. The number of cyclic esters (lactones) is 1. The van der Waals surface area contributed by atoms with E-state index in [1.807, 2.05) is 0 Å². The molecule has 1 aromatic carbocycles. The molecule has 0 unspecified atom stereocenters. The van der Waals surface area contributed by atoms with Crippen LogP contribution in [0, 0.1) is 17.8 Å². The second-order valence-corrected chi connectivity index (χ2v) is 8.37. The molecule has 3 aliphatic rings. The summed E-state index contributed by atoms with van der Waals surface area (Å²) < 4.78 is 11.3. The van der Waals surface area contributed by atoms with Gasteiger partial charge < -0.3 is 9.47 Å². The van der Waals surface area contributed by atoms with Gasteiger partial charge in [-0.15, -0.1) is 0 Å². The van der Waals surface area contributed by atoms with E-state index in [0.29, 0.717) is 24.4 Å². The second kappa shape index (κ2) is 5.50. The maximum Gasteiger partial charge on any atom is 0.309 e. The summed E-state index contributed by atoms with van der Waals surface area (Å²) in [5.74, 6) is 2.70. The Kier molecular flexibility index (Phi) is 3.67. The molecule has 0 spiro atoms. The molecule has 0 N–H and O–H groups in total. The van der Waals surface area contributed by atoms with Crippen LogP contribution >= 0.6 is 0 Å². The van der Waals surface area contributed by atoms with Crippen molar-refractivity contribution in [1.29, 1.82) is 0 Å². The van der Waals surface area contributed by atoms with Gasteiger partial charge in [-0.1, -0.05) is 32.9 Å². The number of hydrogen-bond donors (Lipinski definition) is 0. The molecule has 0 bridgehead atoms. The maximum atomic E-state index is 12.0. The van der Waals surface area contributed by atoms with Gasteiger partial charge in [-0.05, 0) is 59.6 Å². The van der Waals surface area contributed by atoms with E-state index in [0.717, 1.165) is 31.4 Å². The zero-order valence-electron chi connectivity index (χ0n) is 15.2. The first kappa shape index (κ1) is 16.0. The Morgan fingerprint density at radius 2 is 2.08 bits per heavy atom. The number of esters is 1. The monoisotopic (exact) mass is 328 g/mol. The van der Waals surface area contributed by atoms with Crippen molar-refractivity contribution in [2.75, 3.05) is 13.7 Å². The van der Waals surface area contributed by atoms with Crippen LogP contribution in [0.25, 0.3) is 0 Å². The highest BCUT2D eigenvalue weighted by Crippen LogP contribution is 2.57. The molecule has 3 heteroatoms. The summed E-state index contributed by atoms with van der Waals surface area (Å²) in [6, 6.07) is 4.61. The Morgan fingerprint density at radius 3 is 2.79 bits per heavy atom. The van der Waals surface area contributed by atoms with Crippen molar-refractivity contribution >= 4 is 5.97 Å². The van der Waals surface area contributed by atoms with Gasteiger partial charge in [0.2, 0.25) is 0 Å². The van der Waals surface area contributed by atoms with Gasteiger partial charge in [0, 0.05) is 5.92 Å². The van der Waals surface area contributed by atoms with Crippen LogP contribution in [0.5, 0.6) is 5.75 Å². The summed E-state index contributed by atoms with van der Waals surface area (Å²) in [4.78, 5) is 12.0. The highest BCUT2D eigenvalue weighted by atomic mass is 16.5. The lowest BCUT2D eigenvalue weighted by atomic mass is 9.53. The Balaban J connectivity index is 1.80. The van der Waals surface area contributed by atoms with E-state index in [9.17, 15) is 4.79 Å². The van der Waals surface area contributed by atoms with Gasteiger partial charge >= 0.3 is 5.97 Å². The molecule has 130 valence electrons. The predicted molar refractivity (Wildman–Crippen MR) is 93.4 cm³/mol. The minimum Gasteiger partial charge on any atom is -0.496 e. The number of methoxy groups -OCH3 is 1. The van der Waals surface area contributed by atoms with Crippen molar-refractivity contribution < 1.29 is 14.3 Å². The number of benzene rings is 1. The first-order chi connectivity index (χ1) is 11.5. The van der Waals surface area contributed by atoms with E-state index >= 15 is 0 Å². The molecule has 0 radical (unpaired) electrons. The molecule has 1 heterocycles. The van der Waals surface area contributed by atoms with Crippen molar-refractivity contribution in [3.8, 4) is 5.75 Å². The molecule has 1 aliphatic heterocycles. The molecule has 2 aliphatic carbocycles. The number of carbonyl (C=O) groups excluding carboxylic acids is 1. The minimum atomic E-state index is 0.0422. The lowest BCUT2D eigenvalue weighted by Crippen LogP contribution is -2.47. The average Bonchev–Trinajstić information content (AvgIpc) is 2.94. The van der Waals surface area contributed by atoms with E-state index in [-0.39, 0.29) is 17.3 Å².